The standard InChI is InChI=1S/C11H8O2S/c12-11(9-4-2-1-3-5-9)13-10-6-7-14-8-10/h1-8H. The molecule has 1 heterocycles. The van der Waals surface area contributed by atoms with E-state index in [1.165, 1.54) is 11.3 Å². The highest BCUT2D eigenvalue weighted by atomic mass is 32.1. The van der Waals surface area contributed by atoms with E-state index < -0.39 is 0 Å². The second-order valence-electron chi connectivity index (χ2n) is 2.71. The Morgan fingerprint density at radius 1 is 1.14 bits per heavy atom. The molecule has 2 nitrogen and oxygen atoms in total. The average Bonchev–Trinajstić information content (AvgIpc) is 2.72. The second kappa shape index (κ2) is 4.07. The topological polar surface area (TPSA) is 26.3 Å². The van der Waals surface area contributed by atoms with Gasteiger partial charge in [0.15, 0.2) is 0 Å². The number of hydrogen-bond acceptors (Lipinski definition) is 3. The lowest BCUT2D eigenvalue weighted by molar-refractivity contribution is 0.0735. The lowest BCUT2D eigenvalue weighted by Gasteiger charge is -2.00. The minimum Gasteiger partial charge on any atom is -0.422 e. The van der Waals surface area contributed by atoms with Gasteiger partial charge in [-0.1, -0.05) is 18.2 Å². The molecule has 0 aliphatic carbocycles. The summed E-state index contributed by atoms with van der Waals surface area (Å²) in [6, 6.07) is 10.7. The van der Waals surface area contributed by atoms with Crippen LogP contribution in [0.1, 0.15) is 10.4 Å². The highest BCUT2D eigenvalue weighted by Crippen LogP contribution is 2.16. The summed E-state index contributed by atoms with van der Waals surface area (Å²) in [5, 5.41) is 3.66. The zero-order chi connectivity index (χ0) is 9.80. The van der Waals surface area contributed by atoms with Crippen LogP contribution in [0, 0.1) is 0 Å². The summed E-state index contributed by atoms with van der Waals surface area (Å²) in [6.07, 6.45) is 0. The minimum absolute atomic E-state index is 0.316. The third kappa shape index (κ3) is 2.00. The molecule has 0 N–H and O–H groups in total. The Labute approximate surface area is 85.8 Å². The lowest BCUT2D eigenvalue weighted by atomic mass is 10.2. The smallest absolute Gasteiger partial charge is 0.343 e. The van der Waals surface area contributed by atoms with Crippen molar-refractivity contribution in [2.45, 2.75) is 0 Å². The molecule has 70 valence electrons. The van der Waals surface area contributed by atoms with E-state index in [1.54, 1.807) is 23.6 Å². The van der Waals surface area contributed by atoms with Crippen molar-refractivity contribution >= 4 is 17.3 Å². The number of carbonyl (C=O) groups excluding carboxylic acids is 1. The van der Waals surface area contributed by atoms with E-state index in [0.717, 1.165) is 0 Å². The van der Waals surface area contributed by atoms with Crippen LogP contribution >= 0.6 is 11.3 Å². The van der Waals surface area contributed by atoms with Crippen LogP contribution < -0.4 is 4.74 Å². The third-order valence-electron chi connectivity index (χ3n) is 1.72. The quantitative estimate of drug-likeness (QED) is 0.703. The molecule has 0 aliphatic heterocycles. The number of ether oxygens (including phenoxy) is 1. The van der Waals surface area contributed by atoms with Gasteiger partial charge in [0.1, 0.15) is 5.75 Å². The van der Waals surface area contributed by atoms with Crippen LogP contribution in [0.4, 0.5) is 0 Å². The van der Waals surface area contributed by atoms with E-state index in [4.69, 9.17) is 4.74 Å². The number of benzene rings is 1. The van der Waals surface area contributed by atoms with E-state index in [9.17, 15) is 4.79 Å². The molecule has 3 heteroatoms. The maximum atomic E-state index is 11.5. The Morgan fingerprint density at radius 2 is 1.93 bits per heavy atom. The van der Waals surface area contributed by atoms with Crippen LogP contribution in [-0.4, -0.2) is 5.97 Å². The van der Waals surface area contributed by atoms with Crippen molar-refractivity contribution in [3.8, 4) is 5.75 Å². The molecule has 1 aromatic carbocycles. The summed E-state index contributed by atoms with van der Waals surface area (Å²) < 4.78 is 5.11. The first-order valence-corrected chi connectivity index (χ1v) is 5.10. The maximum absolute atomic E-state index is 11.5. The summed E-state index contributed by atoms with van der Waals surface area (Å²) in [6.45, 7) is 0. The van der Waals surface area contributed by atoms with Gasteiger partial charge >= 0.3 is 5.97 Å². The highest BCUT2D eigenvalue weighted by molar-refractivity contribution is 7.08. The first kappa shape index (κ1) is 8.97. The van der Waals surface area contributed by atoms with E-state index >= 15 is 0 Å². The summed E-state index contributed by atoms with van der Waals surface area (Å²) in [5.41, 5.74) is 0.568. The number of rotatable bonds is 2. The first-order chi connectivity index (χ1) is 6.86. The van der Waals surface area contributed by atoms with Crippen LogP contribution in [0.15, 0.2) is 47.2 Å². The van der Waals surface area contributed by atoms with Crippen molar-refractivity contribution in [1.82, 2.24) is 0 Å². The fraction of sp³-hybridized carbons (Fsp3) is 0. The molecule has 14 heavy (non-hydrogen) atoms. The largest absolute Gasteiger partial charge is 0.422 e. The van der Waals surface area contributed by atoms with E-state index in [1.807, 2.05) is 23.6 Å². The Balaban J connectivity index is 2.11. The van der Waals surface area contributed by atoms with Crippen LogP contribution in [0.25, 0.3) is 0 Å². The number of thiophene rings is 1. The molecule has 0 fully saturated rings. The van der Waals surface area contributed by atoms with Crippen molar-refractivity contribution in [2.24, 2.45) is 0 Å². The summed E-state index contributed by atoms with van der Waals surface area (Å²) in [7, 11) is 0. The molecule has 0 radical (unpaired) electrons. The van der Waals surface area contributed by atoms with E-state index in [0.29, 0.717) is 11.3 Å². The van der Waals surface area contributed by atoms with Crippen LogP contribution in [0.3, 0.4) is 0 Å². The fourth-order valence-corrected chi connectivity index (χ4v) is 1.60. The van der Waals surface area contributed by atoms with Crippen LogP contribution in [0.2, 0.25) is 0 Å². The van der Waals surface area contributed by atoms with E-state index in [2.05, 4.69) is 0 Å². The zero-order valence-electron chi connectivity index (χ0n) is 7.34. The molecule has 0 amide bonds. The predicted molar refractivity (Wildman–Crippen MR) is 55.7 cm³/mol. The van der Waals surface area contributed by atoms with E-state index in [-0.39, 0.29) is 5.97 Å². The molecule has 1 aromatic heterocycles. The van der Waals surface area contributed by atoms with Crippen LogP contribution in [0.5, 0.6) is 5.75 Å². The molecule has 2 aromatic rings. The van der Waals surface area contributed by atoms with Crippen molar-refractivity contribution in [1.29, 1.82) is 0 Å². The average molecular weight is 204 g/mol. The summed E-state index contributed by atoms with van der Waals surface area (Å²) in [4.78, 5) is 11.5. The van der Waals surface area contributed by atoms with Crippen molar-refractivity contribution < 1.29 is 9.53 Å². The summed E-state index contributed by atoms with van der Waals surface area (Å²) >= 11 is 1.50. The fourth-order valence-electron chi connectivity index (χ4n) is 1.05. The van der Waals surface area contributed by atoms with Gasteiger partial charge in [-0.05, 0) is 23.6 Å². The minimum atomic E-state index is -0.316. The Bertz CT molecular complexity index is 406. The molecular weight excluding hydrogens is 196 g/mol. The molecule has 0 aliphatic rings. The molecule has 0 spiro atoms. The number of esters is 1. The van der Waals surface area contributed by atoms with Gasteiger partial charge in [-0.3, -0.25) is 0 Å². The van der Waals surface area contributed by atoms with Gasteiger partial charge in [-0.25, -0.2) is 4.79 Å². The molecule has 2 rings (SSSR count). The van der Waals surface area contributed by atoms with Gasteiger partial charge < -0.3 is 4.74 Å². The second-order valence-corrected chi connectivity index (χ2v) is 3.49. The maximum Gasteiger partial charge on any atom is 0.343 e. The van der Waals surface area contributed by atoms with Gasteiger partial charge in [0.2, 0.25) is 0 Å². The monoisotopic (exact) mass is 204 g/mol. The zero-order valence-corrected chi connectivity index (χ0v) is 8.16. The number of carbonyl (C=O) groups is 1. The summed E-state index contributed by atoms with van der Waals surface area (Å²) in [5.74, 6) is 0.285. The SMILES string of the molecule is O=C(Oc1ccsc1)c1ccccc1. The van der Waals surface area contributed by atoms with Crippen LogP contribution in [-0.2, 0) is 0 Å². The highest BCUT2D eigenvalue weighted by Gasteiger charge is 2.06. The lowest BCUT2D eigenvalue weighted by Crippen LogP contribution is -2.07. The molecule has 0 atom stereocenters. The molecule has 0 bridgehead atoms. The van der Waals surface area contributed by atoms with Crippen molar-refractivity contribution in [2.75, 3.05) is 0 Å². The molecule has 0 unspecified atom stereocenters. The molecule has 0 saturated heterocycles. The van der Waals surface area contributed by atoms with Crippen molar-refractivity contribution in [3.63, 3.8) is 0 Å². The first-order valence-electron chi connectivity index (χ1n) is 4.16. The Kier molecular flexibility index (Phi) is 2.60. The van der Waals surface area contributed by atoms with Gasteiger partial charge in [0, 0.05) is 5.38 Å². The Hall–Kier alpha value is -1.61. The number of hydrogen-bond donors (Lipinski definition) is 0. The third-order valence-corrected chi connectivity index (χ3v) is 2.38. The van der Waals surface area contributed by atoms with Crippen molar-refractivity contribution in [3.05, 3.63) is 52.7 Å². The molecular formula is C11H8O2S. The van der Waals surface area contributed by atoms with Gasteiger partial charge in [0.05, 0.1) is 5.56 Å². The molecule has 0 saturated carbocycles. The van der Waals surface area contributed by atoms with Gasteiger partial charge in [-0.15, -0.1) is 11.3 Å². The predicted octanol–water partition coefficient (Wildman–Crippen LogP) is 2.97. The normalized spacial score (nSPS) is 9.71. The van der Waals surface area contributed by atoms with Gasteiger partial charge in [0.25, 0.3) is 0 Å². The van der Waals surface area contributed by atoms with Gasteiger partial charge in [-0.2, -0.15) is 0 Å². The Morgan fingerprint density at radius 3 is 2.57 bits per heavy atom.